The maximum absolute atomic E-state index is 4.04. The Balaban J connectivity index is 2.27. The standard InChI is InChI=1S/C12H16BrN5/c1-8(2)14-7-12-15-16-17-18(12)10-4-5-11(13)9(3)6-10/h4-6,8,14H,7H2,1-3H3. The molecule has 0 unspecified atom stereocenters. The molecule has 0 radical (unpaired) electrons. The van der Waals surface area contributed by atoms with E-state index >= 15 is 0 Å². The third kappa shape index (κ3) is 2.94. The maximum atomic E-state index is 4.04. The molecule has 0 fully saturated rings. The van der Waals surface area contributed by atoms with Gasteiger partial charge < -0.3 is 5.32 Å². The van der Waals surface area contributed by atoms with Crippen LogP contribution in [0.5, 0.6) is 0 Å². The summed E-state index contributed by atoms with van der Waals surface area (Å²) in [6.45, 7) is 6.89. The van der Waals surface area contributed by atoms with E-state index in [1.807, 2.05) is 19.1 Å². The summed E-state index contributed by atoms with van der Waals surface area (Å²) in [5.74, 6) is 0.811. The van der Waals surface area contributed by atoms with Crippen molar-refractivity contribution in [3.63, 3.8) is 0 Å². The van der Waals surface area contributed by atoms with E-state index in [4.69, 9.17) is 0 Å². The molecule has 0 saturated heterocycles. The van der Waals surface area contributed by atoms with E-state index in [9.17, 15) is 0 Å². The summed E-state index contributed by atoms with van der Waals surface area (Å²) in [6, 6.07) is 6.46. The largest absolute Gasteiger partial charge is 0.308 e. The zero-order valence-electron chi connectivity index (χ0n) is 10.7. The molecular formula is C12H16BrN5. The first-order valence-electron chi connectivity index (χ1n) is 5.85. The van der Waals surface area contributed by atoms with Gasteiger partial charge in [-0.15, -0.1) is 5.10 Å². The van der Waals surface area contributed by atoms with Crippen molar-refractivity contribution in [1.29, 1.82) is 0 Å². The van der Waals surface area contributed by atoms with Crippen molar-refractivity contribution in [3.8, 4) is 5.69 Å². The van der Waals surface area contributed by atoms with Crippen molar-refractivity contribution in [2.24, 2.45) is 0 Å². The number of tetrazole rings is 1. The number of aromatic nitrogens is 4. The summed E-state index contributed by atoms with van der Waals surface area (Å²) in [5.41, 5.74) is 2.13. The summed E-state index contributed by atoms with van der Waals surface area (Å²) in [7, 11) is 0. The first kappa shape index (κ1) is 13.2. The van der Waals surface area contributed by atoms with Crippen LogP contribution in [0.25, 0.3) is 5.69 Å². The molecule has 6 heteroatoms. The van der Waals surface area contributed by atoms with E-state index in [0.29, 0.717) is 12.6 Å². The summed E-state index contributed by atoms with van der Waals surface area (Å²) < 4.78 is 2.84. The fourth-order valence-corrected chi connectivity index (χ4v) is 1.82. The molecule has 1 aromatic heterocycles. The minimum absolute atomic E-state index is 0.404. The van der Waals surface area contributed by atoms with Crippen molar-refractivity contribution in [2.45, 2.75) is 33.4 Å². The van der Waals surface area contributed by atoms with Gasteiger partial charge >= 0.3 is 0 Å². The second-order valence-corrected chi connectivity index (χ2v) is 5.33. The van der Waals surface area contributed by atoms with E-state index in [-0.39, 0.29) is 0 Å². The number of halogens is 1. The van der Waals surface area contributed by atoms with Crippen molar-refractivity contribution in [3.05, 3.63) is 34.1 Å². The van der Waals surface area contributed by atoms with Gasteiger partial charge in [-0.3, -0.25) is 0 Å². The Morgan fingerprint density at radius 3 is 2.83 bits per heavy atom. The van der Waals surface area contributed by atoms with Gasteiger partial charge in [-0.05, 0) is 41.1 Å². The van der Waals surface area contributed by atoms with Crippen LogP contribution in [0, 0.1) is 6.92 Å². The molecule has 0 saturated carbocycles. The Bertz CT molecular complexity index is 535. The second kappa shape index (κ2) is 5.58. The third-order valence-corrected chi connectivity index (χ3v) is 3.48. The van der Waals surface area contributed by atoms with Crippen LogP contribution in [0.15, 0.2) is 22.7 Å². The molecule has 0 aliphatic rings. The van der Waals surface area contributed by atoms with Crippen molar-refractivity contribution >= 4 is 15.9 Å². The Morgan fingerprint density at radius 1 is 1.39 bits per heavy atom. The number of hydrogen-bond acceptors (Lipinski definition) is 4. The van der Waals surface area contributed by atoms with Gasteiger partial charge in [0.15, 0.2) is 5.82 Å². The number of nitrogens with zero attached hydrogens (tertiary/aromatic N) is 4. The zero-order valence-corrected chi connectivity index (χ0v) is 12.3. The molecule has 0 atom stereocenters. The van der Waals surface area contributed by atoms with E-state index < -0.39 is 0 Å². The minimum atomic E-state index is 0.404. The van der Waals surface area contributed by atoms with Crippen molar-refractivity contribution in [2.75, 3.05) is 0 Å². The van der Waals surface area contributed by atoms with Gasteiger partial charge in [0.1, 0.15) is 0 Å². The quantitative estimate of drug-likeness (QED) is 0.941. The van der Waals surface area contributed by atoms with Gasteiger partial charge in [-0.25, -0.2) is 0 Å². The number of benzene rings is 1. The molecule has 96 valence electrons. The average molecular weight is 310 g/mol. The first-order chi connectivity index (χ1) is 8.58. The lowest BCUT2D eigenvalue weighted by Crippen LogP contribution is -2.24. The third-order valence-electron chi connectivity index (χ3n) is 2.59. The van der Waals surface area contributed by atoms with Crippen molar-refractivity contribution < 1.29 is 0 Å². The fraction of sp³-hybridized carbons (Fsp3) is 0.417. The van der Waals surface area contributed by atoms with Crippen LogP contribution in [0.4, 0.5) is 0 Å². The Labute approximate surface area is 115 Å². The molecule has 0 bridgehead atoms. The lowest BCUT2D eigenvalue weighted by molar-refractivity contribution is 0.563. The second-order valence-electron chi connectivity index (χ2n) is 4.48. The van der Waals surface area contributed by atoms with Crippen LogP contribution in [0.2, 0.25) is 0 Å². The summed E-state index contributed by atoms with van der Waals surface area (Å²) in [5, 5.41) is 15.1. The molecule has 1 N–H and O–H groups in total. The normalized spacial score (nSPS) is 11.2. The average Bonchev–Trinajstić information content (AvgIpc) is 2.78. The maximum Gasteiger partial charge on any atom is 0.170 e. The van der Waals surface area contributed by atoms with Crippen LogP contribution >= 0.6 is 15.9 Å². The molecule has 0 amide bonds. The molecule has 0 aliphatic carbocycles. The number of aryl methyl sites for hydroxylation is 1. The Kier molecular flexibility index (Phi) is 4.08. The van der Waals surface area contributed by atoms with Crippen LogP contribution in [-0.2, 0) is 6.54 Å². The van der Waals surface area contributed by atoms with Crippen molar-refractivity contribution in [1.82, 2.24) is 25.5 Å². The van der Waals surface area contributed by atoms with Gasteiger partial charge in [-0.1, -0.05) is 29.8 Å². The summed E-state index contributed by atoms with van der Waals surface area (Å²) in [6.07, 6.45) is 0. The number of hydrogen-bond donors (Lipinski definition) is 1. The van der Waals surface area contributed by atoms with Crippen LogP contribution in [-0.4, -0.2) is 26.2 Å². The molecule has 1 heterocycles. The predicted molar refractivity (Wildman–Crippen MR) is 73.6 cm³/mol. The molecule has 0 aliphatic heterocycles. The van der Waals surface area contributed by atoms with Crippen LogP contribution in [0.3, 0.4) is 0 Å². The highest BCUT2D eigenvalue weighted by Gasteiger charge is 2.09. The number of rotatable bonds is 4. The molecule has 2 aromatic rings. The lowest BCUT2D eigenvalue weighted by Gasteiger charge is -2.09. The molecular weight excluding hydrogens is 294 g/mol. The van der Waals surface area contributed by atoms with E-state index in [1.165, 1.54) is 0 Å². The summed E-state index contributed by atoms with van der Waals surface area (Å²) >= 11 is 3.49. The zero-order chi connectivity index (χ0) is 13.1. The molecule has 0 spiro atoms. The Hall–Kier alpha value is -1.27. The van der Waals surface area contributed by atoms with E-state index in [2.05, 4.69) is 56.7 Å². The topological polar surface area (TPSA) is 55.6 Å². The SMILES string of the molecule is Cc1cc(-n2nnnc2CNC(C)C)ccc1Br. The lowest BCUT2D eigenvalue weighted by atomic mass is 10.2. The van der Waals surface area contributed by atoms with Crippen LogP contribution in [0.1, 0.15) is 25.2 Å². The fourth-order valence-electron chi connectivity index (χ4n) is 1.57. The number of nitrogens with one attached hydrogen (secondary N) is 1. The van der Waals surface area contributed by atoms with Gasteiger partial charge in [0.25, 0.3) is 0 Å². The highest BCUT2D eigenvalue weighted by atomic mass is 79.9. The predicted octanol–water partition coefficient (Wildman–Crippen LogP) is 2.23. The van der Waals surface area contributed by atoms with Gasteiger partial charge in [0.05, 0.1) is 12.2 Å². The van der Waals surface area contributed by atoms with E-state index in [1.54, 1.807) is 4.68 Å². The highest BCUT2D eigenvalue weighted by molar-refractivity contribution is 9.10. The van der Waals surface area contributed by atoms with Gasteiger partial charge in [-0.2, -0.15) is 4.68 Å². The Morgan fingerprint density at radius 2 is 2.17 bits per heavy atom. The molecule has 18 heavy (non-hydrogen) atoms. The smallest absolute Gasteiger partial charge is 0.170 e. The minimum Gasteiger partial charge on any atom is -0.308 e. The summed E-state index contributed by atoms with van der Waals surface area (Å²) in [4.78, 5) is 0. The molecule has 2 rings (SSSR count). The first-order valence-corrected chi connectivity index (χ1v) is 6.64. The van der Waals surface area contributed by atoms with Gasteiger partial charge in [0.2, 0.25) is 0 Å². The van der Waals surface area contributed by atoms with Crippen LogP contribution < -0.4 is 5.32 Å². The van der Waals surface area contributed by atoms with E-state index in [0.717, 1.165) is 21.5 Å². The molecule has 5 nitrogen and oxygen atoms in total. The monoisotopic (exact) mass is 309 g/mol. The van der Waals surface area contributed by atoms with Gasteiger partial charge in [0, 0.05) is 10.5 Å². The highest BCUT2D eigenvalue weighted by Crippen LogP contribution is 2.19. The molecule has 1 aromatic carbocycles.